The number of benzene rings is 4. The summed E-state index contributed by atoms with van der Waals surface area (Å²) in [5.74, 6) is -9.25. The monoisotopic (exact) mass is 1510 g/mol. The summed E-state index contributed by atoms with van der Waals surface area (Å²) >= 11 is 0. The molecule has 0 amide bonds. The van der Waals surface area contributed by atoms with E-state index in [9.17, 15) is 125 Å². The summed E-state index contributed by atoms with van der Waals surface area (Å²) in [6.07, 6.45) is -47.9. The molecule has 0 spiro atoms. The highest BCUT2D eigenvalue weighted by Gasteiger charge is 2.77. The normalized spacial score (nSPS) is 13.9. The SMILES string of the molecule is O=C(O)COC(c1ccc(-c2c3nc(c(-c4ccc(C(OCC(=O)O)(C(F)(F)F)C(F)(F)F)cc4)c4ccc([nH]4)c(-c4ccc(C(OCC(=O)O)(C(F)(F)F)C(F)(F)F)cc4)c4nc(c(-c5ccc(C(OCC(=O)O)(C(F)(F)F)C(F)(F)F)cc5)c5ccc2[nH]5)C=C4)C=C3)cc1)(C(F)(F)F)C(F)(F)F. The van der Waals surface area contributed by atoms with E-state index in [2.05, 4.69) is 38.9 Å². The van der Waals surface area contributed by atoms with Crippen molar-refractivity contribution in [1.82, 2.24) is 19.9 Å². The quantitative estimate of drug-likeness (QED) is 0.0389. The zero-order valence-electron chi connectivity index (χ0n) is 50.7. The fourth-order valence-corrected chi connectivity index (χ4v) is 11.5. The van der Waals surface area contributed by atoms with Crippen molar-refractivity contribution in [3.8, 4) is 44.5 Å². The standard InChI is InChI=1S/C64H38F24N4O12/c65-57(66,67)53(58(68,69)70,101-25-45(93)94)33-9-1-29(2-10-33)49-37-17-19-39(89-37)50(30-3-11-34(12-4-30)54(59(71,72)73,60(74,75)76)102-26-46(95)96)41-21-23-43(91-41)52(32-7-15-36(16-8-32)56(63(83,84)85,64(86,87)88)104-28-48(99)100)44-24-22-42(92-44)51(40-20-18-38(49)90-40)31-5-13-35(14-6-31)55(61(77,78)79,62(80,81)82)103-27-47(97)98/h1-24,89,92H,25-28H2,(H,93,94)(H,95,96)(H,97,98)(H,99,100). The molecule has 16 nitrogen and oxygen atoms in total. The molecule has 5 heterocycles. The zero-order valence-corrected chi connectivity index (χ0v) is 50.7. The molecule has 9 rings (SSSR count). The molecule has 0 fully saturated rings. The van der Waals surface area contributed by atoms with Crippen LogP contribution in [0.2, 0.25) is 0 Å². The van der Waals surface area contributed by atoms with Crippen LogP contribution < -0.4 is 0 Å². The van der Waals surface area contributed by atoms with E-state index in [1.807, 2.05) is 0 Å². The fourth-order valence-electron chi connectivity index (χ4n) is 11.5. The number of aromatic nitrogens is 4. The van der Waals surface area contributed by atoms with Crippen molar-refractivity contribution in [1.29, 1.82) is 0 Å². The Kier molecular flexibility index (Phi) is 20.1. The van der Waals surface area contributed by atoms with E-state index in [0.29, 0.717) is 48.5 Å². The molecule has 6 N–H and O–H groups in total. The molecule has 0 radical (unpaired) electrons. The molecule has 0 atom stereocenters. The van der Waals surface area contributed by atoms with Crippen LogP contribution in [-0.4, -0.2) is 140 Å². The number of halogens is 24. The predicted molar refractivity (Wildman–Crippen MR) is 310 cm³/mol. The molecular weight excluding hydrogens is 1470 g/mol. The minimum atomic E-state index is -6.50. The molecule has 8 bridgehead atoms. The lowest BCUT2D eigenvalue weighted by Crippen LogP contribution is -2.56. The van der Waals surface area contributed by atoms with Gasteiger partial charge in [-0.3, -0.25) is 0 Å². The molecule has 0 unspecified atom stereocenters. The van der Waals surface area contributed by atoms with Crippen LogP contribution in [0, 0.1) is 0 Å². The first-order chi connectivity index (χ1) is 47.9. The van der Waals surface area contributed by atoms with Crippen LogP contribution in [0.3, 0.4) is 0 Å². The zero-order chi connectivity index (χ0) is 77.3. The summed E-state index contributed by atoms with van der Waals surface area (Å²) in [6.45, 7) is -8.83. The molecule has 554 valence electrons. The van der Waals surface area contributed by atoms with Crippen LogP contribution in [0.4, 0.5) is 105 Å². The van der Waals surface area contributed by atoms with Gasteiger partial charge in [0.1, 0.15) is 26.4 Å². The molecule has 3 aromatic heterocycles. The van der Waals surface area contributed by atoms with Gasteiger partial charge in [0.2, 0.25) is 0 Å². The maximum Gasteiger partial charge on any atom is 0.430 e. The van der Waals surface area contributed by atoms with Crippen molar-refractivity contribution in [2.24, 2.45) is 0 Å². The number of rotatable bonds is 20. The van der Waals surface area contributed by atoms with Gasteiger partial charge in [-0.1, -0.05) is 97.1 Å². The van der Waals surface area contributed by atoms with E-state index >= 15 is 0 Å². The van der Waals surface area contributed by atoms with E-state index < -0.39 is 212 Å². The summed E-state index contributed by atoms with van der Waals surface area (Å²) in [6, 6.07) is 10.2. The van der Waals surface area contributed by atoms with Crippen LogP contribution in [0.15, 0.2) is 121 Å². The minimum absolute atomic E-state index is 0.175. The number of aromatic amines is 2. The third-order valence-corrected chi connectivity index (χ3v) is 15.9. The molecule has 2 aliphatic heterocycles. The topological polar surface area (TPSA) is 243 Å². The third-order valence-electron chi connectivity index (χ3n) is 15.9. The van der Waals surface area contributed by atoms with E-state index in [4.69, 9.17) is 20.4 Å². The third kappa shape index (κ3) is 13.8. The Morgan fingerprint density at radius 3 is 0.558 bits per heavy atom. The lowest BCUT2D eigenvalue weighted by molar-refractivity contribution is -0.388. The number of carboxylic acids is 4. The lowest BCUT2D eigenvalue weighted by atomic mass is 9.90. The highest BCUT2D eigenvalue weighted by Crippen LogP contribution is 2.58. The number of carboxylic acid groups (broad SMARTS) is 4. The predicted octanol–water partition coefficient (Wildman–Crippen LogP) is 17.0. The first-order valence-corrected chi connectivity index (χ1v) is 28.5. The Morgan fingerprint density at radius 1 is 0.269 bits per heavy atom. The van der Waals surface area contributed by atoms with E-state index in [1.54, 1.807) is 0 Å². The second-order valence-corrected chi connectivity index (χ2v) is 22.2. The van der Waals surface area contributed by atoms with Gasteiger partial charge in [-0.05, 0) is 70.8 Å². The summed E-state index contributed by atoms with van der Waals surface area (Å²) in [5, 5.41) is 36.6. The van der Waals surface area contributed by atoms with Crippen molar-refractivity contribution < 1.29 is 164 Å². The average molecular weight is 1510 g/mol. The van der Waals surface area contributed by atoms with Crippen molar-refractivity contribution in [3.05, 3.63) is 166 Å². The largest absolute Gasteiger partial charge is 0.480 e. The highest BCUT2D eigenvalue weighted by molar-refractivity contribution is 6.00. The molecule has 0 aliphatic carbocycles. The number of alkyl halides is 24. The molecule has 0 saturated carbocycles. The molecular formula is C64H38F24N4O12. The second kappa shape index (κ2) is 27.0. The molecule has 104 heavy (non-hydrogen) atoms. The number of aliphatic carboxylic acids is 4. The lowest BCUT2D eigenvalue weighted by Gasteiger charge is -2.37. The van der Waals surface area contributed by atoms with Crippen molar-refractivity contribution in [3.63, 3.8) is 0 Å². The number of ether oxygens (including phenoxy) is 4. The smallest absolute Gasteiger partial charge is 0.430 e. The number of H-pyrrole nitrogens is 2. The van der Waals surface area contributed by atoms with Crippen molar-refractivity contribution in [2.75, 3.05) is 26.4 Å². The fraction of sp³-hybridized carbons (Fsp3) is 0.250. The molecule has 4 aromatic carbocycles. The van der Waals surface area contributed by atoms with E-state index in [1.165, 1.54) is 0 Å². The van der Waals surface area contributed by atoms with E-state index in [0.717, 1.165) is 48.6 Å². The van der Waals surface area contributed by atoms with E-state index in [-0.39, 0.29) is 70.6 Å². The first-order valence-electron chi connectivity index (χ1n) is 28.5. The Labute approximate surface area is 562 Å². The van der Waals surface area contributed by atoms with Crippen LogP contribution in [0.5, 0.6) is 0 Å². The molecule has 2 aliphatic rings. The van der Waals surface area contributed by atoms with Gasteiger partial charge < -0.3 is 49.3 Å². The van der Waals surface area contributed by atoms with Crippen molar-refractivity contribution >= 4 is 70.2 Å². The van der Waals surface area contributed by atoms with Gasteiger partial charge in [0, 0.05) is 66.6 Å². The van der Waals surface area contributed by atoms with Crippen LogP contribution in [0.1, 0.15) is 45.0 Å². The summed E-state index contributed by atoms with van der Waals surface area (Å²) in [4.78, 5) is 60.4. The van der Waals surface area contributed by atoms with Gasteiger partial charge >= 0.3 is 73.3 Å². The van der Waals surface area contributed by atoms with Gasteiger partial charge in [0.25, 0.3) is 22.4 Å². The van der Waals surface area contributed by atoms with Gasteiger partial charge in [0.05, 0.1) is 22.8 Å². The molecule has 40 heteroatoms. The number of carbonyl (C=O) groups is 4. The molecule has 7 aromatic rings. The Morgan fingerprint density at radius 2 is 0.423 bits per heavy atom. The summed E-state index contributed by atoms with van der Waals surface area (Å²) in [5.41, 5.74) is -36.0. The maximum absolute atomic E-state index is 14.9. The second-order valence-electron chi connectivity index (χ2n) is 22.2. The van der Waals surface area contributed by atoms with Gasteiger partial charge in [-0.2, -0.15) is 105 Å². The number of hydrogen-bond donors (Lipinski definition) is 6. The Hall–Kier alpha value is -10.5. The van der Waals surface area contributed by atoms with Crippen LogP contribution in [-0.2, 0) is 60.5 Å². The number of nitrogens with one attached hydrogen (secondary N) is 2. The number of nitrogens with zero attached hydrogens (tertiary/aromatic N) is 2. The summed E-state index contributed by atoms with van der Waals surface area (Å²) in [7, 11) is 0. The Balaban J connectivity index is 1.45. The molecule has 0 saturated heterocycles. The average Bonchev–Trinajstić information content (AvgIpc) is 0.896. The minimum Gasteiger partial charge on any atom is -0.480 e. The number of hydrogen-bond acceptors (Lipinski definition) is 10. The maximum atomic E-state index is 14.9. The first kappa shape index (κ1) is 77.7. The van der Waals surface area contributed by atoms with Crippen LogP contribution in [0.25, 0.3) is 90.9 Å². The van der Waals surface area contributed by atoms with Crippen LogP contribution >= 0.6 is 0 Å². The van der Waals surface area contributed by atoms with Gasteiger partial charge in [-0.25, -0.2) is 29.1 Å². The van der Waals surface area contributed by atoms with Gasteiger partial charge in [-0.15, -0.1) is 0 Å². The Bertz CT molecular complexity index is 4060. The van der Waals surface area contributed by atoms with Gasteiger partial charge in [0.15, 0.2) is 0 Å². The summed E-state index contributed by atoms with van der Waals surface area (Å²) < 4.78 is 373. The van der Waals surface area contributed by atoms with Crippen molar-refractivity contribution in [2.45, 2.75) is 71.8 Å². The number of fused-ring (bicyclic) bond motifs is 8. The highest BCUT2D eigenvalue weighted by atomic mass is 19.4.